The second-order valence-electron chi connectivity index (χ2n) is 18.1. The summed E-state index contributed by atoms with van der Waals surface area (Å²) < 4.78 is 25.2. The number of pyridine rings is 2. The van der Waals surface area contributed by atoms with Gasteiger partial charge in [0.25, 0.3) is 0 Å². The minimum absolute atomic E-state index is 0. The van der Waals surface area contributed by atoms with E-state index in [0.29, 0.717) is 37.1 Å². The molecule has 1 amide bonds. The van der Waals surface area contributed by atoms with Crippen LogP contribution < -0.4 is 20.5 Å². The number of carboxylic acids is 1. The van der Waals surface area contributed by atoms with E-state index in [2.05, 4.69) is 67.2 Å². The number of ether oxygens (including phenoxy) is 2. The average Bonchev–Trinajstić information content (AvgIpc) is 4.29. The molecular weight excluding hydrogens is 906 g/mol. The molecule has 2 aromatic heterocycles. The van der Waals surface area contributed by atoms with Crippen LogP contribution in [-0.4, -0.2) is 46.9 Å². The number of hydrogen-bond donors (Lipinski definition) is 3. The highest BCUT2D eigenvalue weighted by atomic mass is 19.1. The Kier molecular flexibility index (Phi) is 16.8. The summed E-state index contributed by atoms with van der Waals surface area (Å²) in [6.45, 7) is 8.30. The van der Waals surface area contributed by atoms with E-state index in [1.165, 1.54) is 34.4 Å². The van der Waals surface area contributed by atoms with Crippen LogP contribution in [0.25, 0.3) is 21.8 Å². The number of carboxylic acid groups (broad SMARTS) is 1. The maximum atomic E-state index is 13.1. The van der Waals surface area contributed by atoms with Crippen LogP contribution in [0.15, 0.2) is 152 Å². The Labute approximate surface area is 421 Å². The van der Waals surface area contributed by atoms with Gasteiger partial charge in [-0.3, -0.25) is 29.1 Å². The van der Waals surface area contributed by atoms with Crippen molar-refractivity contribution in [2.75, 3.05) is 11.1 Å². The summed E-state index contributed by atoms with van der Waals surface area (Å²) >= 11 is 0. The number of halogens is 1. The number of amides is 1. The molecule has 72 heavy (non-hydrogen) atoms. The van der Waals surface area contributed by atoms with Crippen LogP contribution in [0.3, 0.4) is 0 Å². The van der Waals surface area contributed by atoms with E-state index in [4.69, 9.17) is 20.3 Å². The lowest BCUT2D eigenvalue weighted by Gasteiger charge is -2.14. The number of Topliss-reactive ketones (excluding diaryl/α,β-unsaturated/α-hetero) is 2. The summed E-state index contributed by atoms with van der Waals surface area (Å²) in [5.41, 5.74) is 13.2. The van der Waals surface area contributed by atoms with Crippen molar-refractivity contribution in [3.05, 3.63) is 199 Å². The topological polar surface area (TPSA) is 171 Å². The first-order valence-electron chi connectivity index (χ1n) is 23.1. The molecule has 2 fully saturated rings. The van der Waals surface area contributed by atoms with Crippen molar-refractivity contribution in [3.8, 4) is 23.0 Å². The molecule has 4 N–H and O–H groups in total. The standard InChI is InChI=1S/C30H26FNO3.C17H16N2O.C11H11NO3.CH3.BH4/c1-19-15-25-26(16-20(19)2)32-14-11-27(25)35-24-9-5-22(6-10-24)18-29(34)30(12-13-30)28(33)17-21-3-7-23(31)8-4-21;1-11-9-15-16(10-12(11)2)19-8-7-17(15)20-14-5-3-13(18)4-6-14;13-9(11(6-7-11)10(14)15)12-8-4-2-1-3-5-8;;/h3-11,14-16H,12-13,17-18H2,1-2H3;3-10H,18H2,1-2H3;1-5H,6-7H2,(H,12,13)(H,14,15);1H3;1H4/q;;;2*-1. The Balaban J connectivity index is 0.000000193. The Bertz CT molecular complexity index is 3230. The Morgan fingerprint density at radius 3 is 1.44 bits per heavy atom. The monoisotopic (exact) mass is 966 g/mol. The van der Waals surface area contributed by atoms with Gasteiger partial charge < -0.3 is 33.1 Å². The number of nitrogens with zero attached hydrogens (tertiary/aromatic N) is 2. The molecule has 370 valence electrons. The van der Waals surface area contributed by atoms with Crippen LogP contribution in [-0.2, 0) is 32.0 Å². The molecule has 13 heteroatoms. The van der Waals surface area contributed by atoms with E-state index in [1.807, 2.05) is 66.7 Å². The molecule has 2 aliphatic carbocycles. The molecule has 0 aliphatic heterocycles. The maximum Gasteiger partial charge on any atom is 0.319 e. The number of aryl methyl sites for hydroxylation is 4. The predicted octanol–water partition coefficient (Wildman–Crippen LogP) is 11.2. The van der Waals surface area contributed by atoms with Gasteiger partial charge in [-0.2, -0.15) is 0 Å². The number of benzene rings is 6. The van der Waals surface area contributed by atoms with Crippen LogP contribution in [0, 0.1) is 51.8 Å². The third kappa shape index (κ3) is 12.4. The first kappa shape index (κ1) is 53.2. The van der Waals surface area contributed by atoms with Crippen molar-refractivity contribution in [1.82, 2.24) is 9.97 Å². The number of hydrogen-bond acceptors (Lipinski definition) is 9. The van der Waals surface area contributed by atoms with Crippen molar-refractivity contribution >= 4 is 65.0 Å². The molecule has 2 heterocycles. The molecule has 0 saturated heterocycles. The molecule has 0 unspecified atom stereocenters. The van der Waals surface area contributed by atoms with Gasteiger partial charge in [0.2, 0.25) is 5.91 Å². The van der Waals surface area contributed by atoms with Gasteiger partial charge in [0, 0.05) is 47.4 Å². The quantitative estimate of drug-likeness (QED) is 0.0437. The SMILES string of the molecule is Cc1cc2nccc(Oc3ccc(CC(=O)C4(C(=O)Cc5ccc(F)cc5)CC4)cc3)c2cc1C.Cc1cc2nccc(Oc3ccc(N)cc3)c2cc1C.O=C(O)C1(C(=O)Nc2ccccc2)CC1.[BH4-].[CH3-]. The molecular formula is C59H60BFN4O7-2. The average molecular weight is 967 g/mol. The minimum Gasteiger partial charge on any atom is -0.480 e. The summed E-state index contributed by atoms with van der Waals surface area (Å²) in [5, 5.41) is 13.5. The molecule has 0 spiro atoms. The smallest absolute Gasteiger partial charge is 0.319 e. The lowest BCUT2D eigenvalue weighted by molar-refractivity contribution is -0.147. The van der Waals surface area contributed by atoms with Crippen molar-refractivity contribution in [2.45, 2.75) is 66.2 Å². The van der Waals surface area contributed by atoms with Gasteiger partial charge in [-0.05, 0) is 184 Å². The van der Waals surface area contributed by atoms with Crippen LogP contribution >= 0.6 is 0 Å². The van der Waals surface area contributed by atoms with Crippen molar-refractivity contribution in [2.24, 2.45) is 10.8 Å². The van der Waals surface area contributed by atoms with Crippen LogP contribution in [0.5, 0.6) is 23.0 Å². The number of fused-ring (bicyclic) bond motifs is 2. The highest BCUT2D eigenvalue weighted by Crippen LogP contribution is 2.49. The van der Waals surface area contributed by atoms with E-state index in [1.54, 1.807) is 48.8 Å². The number of aromatic nitrogens is 2. The Hall–Kier alpha value is -8.19. The molecule has 2 saturated carbocycles. The maximum absolute atomic E-state index is 13.1. The third-order valence-corrected chi connectivity index (χ3v) is 13.0. The zero-order chi connectivity index (χ0) is 49.6. The lowest BCUT2D eigenvalue weighted by Crippen LogP contribution is -2.31. The van der Waals surface area contributed by atoms with E-state index in [9.17, 15) is 23.6 Å². The van der Waals surface area contributed by atoms with Crippen molar-refractivity contribution in [3.63, 3.8) is 0 Å². The molecule has 11 nitrogen and oxygen atoms in total. The summed E-state index contributed by atoms with van der Waals surface area (Å²) in [6.07, 6.45) is 5.88. The first-order valence-corrected chi connectivity index (χ1v) is 23.1. The first-order chi connectivity index (χ1) is 33.6. The predicted molar refractivity (Wildman–Crippen MR) is 287 cm³/mol. The minimum atomic E-state index is -1.17. The molecule has 0 radical (unpaired) electrons. The molecule has 10 rings (SSSR count). The highest BCUT2D eigenvalue weighted by Gasteiger charge is 2.57. The largest absolute Gasteiger partial charge is 0.480 e. The number of nitrogens with two attached hydrogens (primary N) is 1. The van der Waals surface area contributed by atoms with E-state index in [0.717, 1.165) is 55.9 Å². The number of anilines is 2. The summed E-state index contributed by atoms with van der Waals surface area (Å²) in [4.78, 5) is 57.3. The second kappa shape index (κ2) is 22.7. The number of rotatable bonds is 13. The number of ketones is 2. The van der Waals surface area contributed by atoms with Crippen LogP contribution in [0.2, 0.25) is 0 Å². The van der Waals surface area contributed by atoms with Crippen LogP contribution in [0.1, 0.15) is 59.1 Å². The van der Waals surface area contributed by atoms with Gasteiger partial charge in [-0.25, -0.2) is 4.39 Å². The molecule has 0 atom stereocenters. The summed E-state index contributed by atoms with van der Waals surface area (Å²) in [6, 6.07) is 41.6. The Morgan fingerprint density at radius 2 is 1.01 bits per heavy atom. The van der Waals surface area contributed by atoms with Gasteiger partial charge in [-0.1, -0.05) is 50.9 Å². The molecule has 2 aliphatic rings. The van der Waals surface area contributed by atoms with Crippen molar-refractivity contribution < 1.29 is 38.1 Å². The zero-order valence-electron chi connectivity index (χ0n) is 40.4. The third-order valence-electron chi connectivity index (χ3n) is 13.0. The highest BCUT2D eigenvalue weighted by molar-refractivity contribution is 6.11. The fraction of sp³-hybridized carbons (Fsp3) is 0.203. The van der Waals surface area contributed by atoms with Gasteiger partial charge in [0.15, 0.2) is 11.6 Å². The van der Waals surface area contributed by atoms with E-state index in [-0.39, 0.29) is 46.1 Å². The van der Waals surface area contributed by atoms with Gasteiger partial charge >= 0.3 is 5.97 Å². The molecule has 6 aromatic carbocycles. The second-order valence-corrected chi connectivity index (χ2v) is 18.1. The summed E-state index contributed by atoms with van der Waals surface area (Å²) in [7, 11) is 0. The number of nitrogen functional groups attached to an aromatic ring is 1. The number of carbonyl (C=O) groups is 4. The normalized spacial score (nSPS) is 13.3. The van der Waals surface area contributed by atoms with Crippen LogP contribution in [0.4, 0.5) is 15.8 Å². The number of nitrogens with one attached hydrogen (secondary N) is 1. The van der Waals surface area contributed by atoms with Gasteiger partial charge in [0.05, 0.1) is 16.4 Å². The fourth-order valence-corrected chi connectivity index (χ4v) is 7.99. The lowest BCUT2D eigenvalue weighted by atomic mass is 9.88. The zero-order valence-corrected chi connectivity index (χ0v) is 40.4. The van der Waals surface area contributed by atoms with E-state index < -0.39 is 22.7 Å². The van der Waals surface area contributed by atoms with Gasteiger partial charge in [-0.15, -0.1) is 0 Å². The number of carbonyl (C=O) groups excluding carboxylic acids is 3. The molecule has 0 bridgehead atoms. The van der Waals surface area contributed by atoms with Gasteiger partial charge in [0.1, 0.15) is 34.2 Å². The van der Waals surface area contributed by atoms with Crippen molar-refractivity contribution in [1.29, 1.82) is 0 Å². The Morgan fingerprint density at radius 1 is 0.597 bits per heavy atom. The van der Waals surface area contributed by atoms with E-state index >= 15 is 0 Å². The number of para-hydroxylation sites is 1. The number of aliphatic carboxylic acids is 1. The fourth-order valence-electron chi connectivity index (χ4n) is 7.99. The summed E-state index contributed by atoms with van der Waals surface area (Å²) in [5.74, 6) is 1.05. The molecule has 8 aromatic rings.